The van der Waals surface area contributed by atoms with Gasteiger partial charge in [-0.2, -0.15) is 0 Å². The Morgan fingerprint density at radius 1 is 0.964 bits per heavy atom. The molecular weight excluding hydrogens is 342 g/mol. The van der Waals surface area contributed by atoms with Crippen LogP contribution in [0.15, 0.2) is 72.8 Å². The third-order valence-corrected chi connectivity index (χ3v) is 6.38. The van der Waals surface area contributed by atoms with E-state index in [9.17, 15) is 0 Å². The van der Waals surface area contributed by atoms with Crippen molar-refractivity contribution < 1.29 is 4.74 Å². The molecule has 28 heavy (non-hydrogen) atoms. The second-order valence-electron chi connectivity index (χ2n) is 8.38. The summed E-state index contributed by atoms with van der Waals surface area (Å²) in [6.07, 6.45) is 1.42. The summed E-state index contributed by atoms with van der Waals surface area (Å²) < 4.78 is 6.23. The van der Waals surface area contributed by atoms with E-state index in [0.29, 0.717) is 12.6 Å². The molecule has 3 atom stereocenters. The number of ether oxygens (including phenoxy) is 1. The Bertz CT molecular complexity index is 981. The summed E-state index contributed by atoms with van der Waals surface area (Å²) in [6.45, 7) is 6.32. The topological polar surface area (TPSA) is 12.5 Å². The van der Waals surface area contributed by atoms with E-state index in [1.807, 2.05) is 6.07 Å². The van der Waals surface area contributed by atoms with Crippen molar-refractivity contribution in [2.75, 3.05) is 11.4 Å². The maximum absolute atomic E-state index is 6.23. The molecule has 3 aromatic rings. The number of hydrogen-bond donors (Lipinski definition) is 0. The second kappa shape index (κ2) is 7.01. The van der Waals surface area contributed by atoms with Crippen LogP contribution in [0, 0.1) is 18.8 Å². The first kappa shape index (κ1) is 17.4. The highest BCUT2D eigenvalue weighted by molar-refractivity contribution is 5.74. The van der Waals surface area contributed by atoms with E-state index >= 15 is 0 Å². The molecule has 2 heteroatoms. The van der Waals surface area contributed by atoms with Crippen molar-refractivity contribution in [3.05, 3.63) is 83.9 Å². The van der Waals surface area contributed by atoms with E-state index in [1.54, 1.807) is 0 Å². The van der Waals surface area contributed by atoms with Crippen LogP contribution in [-0.4, -0.2) is 12.6 Å². The lowest BCUT2D eigenvalue weighted by Crippen LogP contribution is -2.30. The molecule has 2 nitrogen and oxygen atoms in total. The maximum Gasteiger partial charge on any atom is 0.127 e. The van der Waals surface area contributed by atoms with Crippen LogP contribution in [0.1, 0.15) is 24.5 Å². The lowest BCUT2D eigenvalue weighted by molar-refractivity contribution is 0.307. The quantitative estimate of drug-likeness (QED) is 0.540. The van der Waals surface area contributed by atoms with Gasteiger partial charge < -0.3 is 9.64 Å². The number of fused-ring (bicyclic) bond motifs is 1. The van der Waals surface area contributed by atoms with E-state index in [4.69, 9.17) is 4.74 Å². The molecule has 1 saturated carbocycles. The number of benzene rings is 3. The maximum atomic E-state index is 6.23. The van der Waals surface area contributed by atoms with Gasteiger partial charge in [-0.1, -0.05) is 54.1 Å². The molecule has 0 aromatic heterocycles. The van der Waals surface area contributed by atoms with Crippen LogP contribution in [-0.2, 0) is 6.61 Å². The van der Waals surface area contributed by atoms with Crippen LogP contribution in [0.4, 0.5) is 5.69 Å². The molecule has 0 spiro atoms. The van der Waals surface area contributed by atoms with Gasteiger partial charge in [-0.25, -0.2) is 0 Å². The first-order valence-electron chi connectivity index (χ1n) is 10.3. The van der Waals surface area contributed by atoms with Gasteiger partial charge in [0.1, 0.15) is 12.4 Å². The van der Waals surface area contributed by atoms with Gasteiger partial charge in [0.05, 0.1) is 0 Å². The number of piperidine rings is 1. The summed E-state index contributed by atoms with van der Waals surface area (Å²) in [7, 11) is 0. The smallest absolute Gasteiger partial charge is 0.127 e. The fraction of sp³-hybridized carbons (Fsp3) is 0.308. The number of anilines is 1. The minimum absolute atomic E-state index is 0.586. The van der Waals surface area contributed by atoms with Crippen molar-refractivity contribution >= 4 is 5.69 Å². The van der Waals surface area contributed by atoms with Gasteiger partial charge in [-0.05, 0) is 67.5 Å². The Morgan fingerprint density at radius 3 is 2.61 bits per heavy atom. The molecular formula is C26H27NO. The Hall–Kier alpha value is -2.74. The molecule has 0 radical (unpaired) electrons. The molecule has 5 rings (SSSR count). The highest BCUT2D eigenvalue weighted by atomic mass is 16.5. The SMILES string of the molecule is Cc1ccc(OCc2ccccc2)c(-c2cccc(N3CC4CC4C3C)c2)c1. The summed E-state index contributed by atoms with van der Waals surface area (Å²) in [4.78, 5) is 2.59. The summed E-state index contributed by atoms with van der Waals surface area (Å²) in [5, 5.41) is 0. The van der Waals surface area contributed by atoms with Gasteiger partial charge in [0, 0.05) is 23.8 Å². The minimum atomic E-state index is 0.586. The fourth-order valence-corrected chi connectivity index (χ4v) is 4.65. The lowest BCUT2D eigenvalue weighted by atomic mass is 10.0. The molecule has 0 N–H and O–H groups in total. The molecule has 142 valence electrons. The first-order chi connectivity index (χ1) is 13.7. The van der Waals surface area contributed by atoms with Crippen molar-refractivity contribution in [1.29, 1.82) is 0 Å². The summed E-state index contributed by atoms with van der Waals surface area (Å²) in [5.41, 5.74) is 6.19. The van der Waals surface area contributed by atoms with Crippen LogP contribution in [0.5, 0.6) is 5.75 Å². The Balaban J connectivity index is 1.44. The van der Waals surface area contributed by atoms with Gasteiger partial charge in [0.15, 0.2) is 0 Å². The first-order valence-corrected chi connectivity index (χ1v) is 10.3. The van der Waals surface area contributed by atoms with E-state index in [-0.39, 0.29) is 0 Å². The van der Waals surface area contributed by atoms with Gasteiger partial charge in [-0.3, -0.25) is 0 Å². The number of rotatable bonds is 5. The van der Waals surface area contributed by atoms with Crippen molar-refractivity contribution in [3.8, 4) is 16.9 Å². The minimum Gasteiger partial charge on any atom is -0.488 e. The predicted molar refractivity (Wildman–Crippen MR) is 116 cm³/mol. The Kier molecular flexibility index (Phi) is 4.35. The summed E-state index contributed by atoms with van der Waals surface area (Å²) in [5.74, 6) is 2.78. The van der Waals surface area contributed by atoms with Gasteiger partial charge in [0.2, 0.25) is 0 Å². The highest BCUT2D eigenvalue weighted by Crippen LogP contribution is 2.50. The van der Waals surface area contributed by atoms with Crippen LogP contribution in [0.2, 0.25) is 0 Å². The average Bonchev–Trinajstić information content (AvgIpc) is 3.44. The van der Waals surface area contributed by atoms with Crippen molar-refractivity contribution in [1.82, 2.24) is 0 Å². The molecule has 3 aromatic carbocycles. The van der Waals surface area contributed by atoms with Crippen LogP contribution < -0.4 is 9.64 Å². The number of hydrogen-bond acceptors (Lipinski definition) is 2. The second-order valence-corrected chi connectivity index (χ2v) is 8.38. The molecule has 1 aliphatic carbocycles. The number of nitrogens with zero attached hydrogens (tertiary/aromatic N) is 1. The molecule has 1 aliphatic heterocycles. The molecule has 0 bridgehead atoms. The van der Waals surface area contributed by atoms with Gasteiger partial charge in [-0.15, -0.1) is 0 Å². The van der Waals surface area contributed by atoms with E-state index < -0.39 is 0 Å². The Labute approximate surface area is 167 Å². The van der Waals surface area contributed by atoms with Crippen molar-refractivity contribution in [2.24, 2.45) is 11.8 Å². The zero-order valence-electron chi connectivity index (χ0n) is 16.6. The average molecular weight is 370 g/mol. The third kappa shape index (κ3) is 3.28. The monoisotopic (exact) mass is 369 g/mol. The van der Waals surface area contributed by atoms with E-state index in [1.165, 1.54) is 40.9 Å². The zero-order valence-corrected chi connectivity index (χ0v) is 16.6. The molecule has 3 unspecified atom stereocenters. The van der Waals surface area contributed by atoms with Crippen LogP contribution in [0.25, 0.3) is 11.1 Å². The summed E-state index contributed by atoms with van der Waals surface area (Å²) in [6, 6.07) is 26.5. The fourth-order valence-electron chi connectivity index (χ4n) is 4.65. The molecule has 2 aliphatic rings. The van der Waals surface area contributed by atoms with Crippen molar-refractivity contribution in [3.63, 3.8) is 0 Å². The number of aryl methyl sites for hydroxylation is 1. The Morgan fingerprint density at radius 2 is 1.82 bits per heavy atom. The molecule has 0 amide bonds. The van der Waals surface area contributed by atoms with Crippen LogP contribution >= 0.6 is 0 Å². The normalized spacial score (nSPS) is 22.8. The summed E-state index contributed by atoms with van der Waals surface area (Å²) >= 11 is 0. The molecule has 1 heterocycles. The van der Waals surface area contributed by atoms with Gasteiger partial charge in [0.25, 0.3) is 0 Å². The van der Waals surface area contributed by atoms with Gasteiger partial charge >= 0.3 is 0 Å². The lowest BCUT2D eigenvalue weighted by Gasteiger charge is -2.27. The highest BCUT2D eigenvalue weighted by Gasteiger charge is 2.50. The van der Waals surface area contributed by atoms with E-state index in [0.717, 1.165) is 17.6 Å². The van der Waals surface area contributed by atoms with Crippen LogP contribution in [0.3, 0.4) is 0 Å². The van der Waals surface area contributed by atoms with E-state index in [2.05, 4.69) is 85.5 Å². The molecule has 1 saturated heterocycles. The third-order valence-electron chi connectivity index (χ3n) is 6.38. The zero-order chi connectivity index (χ0) is 19.1. The largest absolute Gasteiger partial charge is 0.488 e. The molecule has 2 fully saturated rings. The van der Waals surface area contributed by atoms with Crippen molar-refractivity contribution in [2.45, 2.75) is 32.9 Å². The standard InChI is InChI=1S/C26H27NO/c1-18-11-12-26(28-17-20-7-4-3-5-8-20)25(13-18)21-9-6-10-23(14-21)27-16-22-15-24(22)19(27)2/h3-14,19,22,24H,15-17H2,1-2H3. The predicted octanol–water partition coefficient (Wildman–Crippen LogP) is 6.09.